The first-order chi connectivity index (χ1) is 10.3. The molecule has 21 heavy (non-hydrogen) atoms. The van der Waals surface area contributed by atoms with E-state index in [0.717, 1.165) is 38.1 Å². The second kappa shape index (κ2) is 7.00. The summed E-state index contributed by atoms with van der Waals surface area (Å²) in [5.74, 6) is 1.44. The number of nitrogens with zero attached hydrogens (tertiary/aromatic N) is 2. The first-order valence-corrected chi connectivity index (χ1v) is 7.73. The lowest BCUT2D eigenvalue weighted by atomic mass is 10.1. The second-order valence-electron chi connectivity index (χ2n) is 5.72. The molecule has 1 aromatic rings. The van der Waals surface area contributed by atoms with Gasteiger partial charge in [0, 0.05) is 12.5 Å². The zero-order valence-electron chi connectivity index (χ0n) is 12.1. The Morgan fingerprint density at radius 1 is 1.33 bits per heavy atom. The quantitative estimate of drug-likeness (QED) is 0.831. The molecule has 2 aliphatic rings. The molecule has 2 N–H and O–H groups in total. The minimum absolute atomic E-state index is 0.00711. The molecule has 7 nitrogen and oxygen atoms in total. The number of aromatic amines is 1. The van der Waals surface area contributed by atoms with Crippen molar-refractivity contribution in [2.24, 2.45) is 0 Å². The largest absolute Gasteiger partial charge is 0.376 e. The lowest BCUT2D eigenvalue weighted by Crippen LogP contribution is -2.23. The third-order valence-corrected chi connectivity index (χ3v) is 4.06. The van der Waals surface area contributed by atoms with Gasteiger partial charge in [-0.3, -0.25) is 15.2 Å². The second-order valence-corrected chi connectivity index (χ2v) is 5.72. The Balaban J connectivity index is 1.39. The molecule has 3 rings (SSSR count). The van der Waals surface area contributed by atoms with Gasteiger partial charge in [0.15, 0.2) is 0 Å². The van der Waals surface area contributed by atoms with E-state index in [9.17, 15) is 4.79 Å². The number of hydrogen-bond donors (Lipinski definition) is 2. The van der Waals surface area contributed by atoms with Crippen LogP contribution >= 0.6 is 0 Å². The predicted octanol–water partition coefficient (Wildman–Crippen LogP) is 1.60. The van der Waals surface area contributed by atoms with Crippen LogP contribution in [0, 0.1) is 0 Å². The molecule has 1 aliphatic carbocycles. The number of ether oxygens (including phenoxy) is 2. The van der Waals surface area contributed by atoms with Crippen LogP contribution in [-0.2, 0) is 14.3 Å². The van der Waals surface area contributed by atoms with Crippen molar-refractivity contribution in [2.45, 2.75) is 50.5 Å². The number of rotatable bonds is 6. The fraction of sp³-hybridized carbons (Fsp3) is 0.786. The van der Waals surface area contributed by atoms with Crippen LogP contribution < -0.4 is 5.32 Å². The van der Waals surface area contributed by atoms with Crippen LogP contribution in [0.15, 0.2) is 0 Å². The molecule has 1 unspecified atom stereocenters. The molecule has 1 saturated carbocycles. The molecular formula is C14H22N4O3. The number of anilines is 1. The third-order valence-electron chi connectivity index (χ3n) is 4.06. The first-order valence-electron chi connectivity index (χ1n) is 7.73. The maximum Gasteiger partial charge on any atom is 0.252 e. The molecular weight excluding hydrogens is 272 g/mol. The van der Waals surface area contributed by atoms with Crippen molar-refractivity contribution < 1.29 is 14.3 Å². The van der Waals surface area contributed by atoms with Gasteiger partial charge in [-0.05, 0) is 25.7 Å². The monoisotopic (exact) mass is 294 g/mol. The third kappa shape index (κ3) is 4.01. The molecule has 0 radical (unpaired) electrons. The molecule has 0 aromatic carbocycles. The number of hydrogen-bond acceptors (Lipinski definition) is 5. The molecule has 116 valence electrons. The minimum atomic E-state index is -0.232. The van der Waals surface area contributed by atoms with E-state index in [1.54, 1.807) is 0 Å². The van der Waals surface area contributed by atoms with E-state index < -0.39 is 0 Å². The van der Waals surface area contributed by atoms with Gasteiger partial charge in [0.1, 0.15) is 12.4 Å². The van der Waals surface area contributed by atoms with Crippen LogP contribution in [0.1, 0.15) is 50.3 Å². The molecule has 0 spiro atoms. The Morgan fingerprint density at radius 2 is 2.19 bits per heavy atom. The van der Waals surface area contributed by atoms with E-state index >= 15 is 0 Å². The van der Waals surface area contributed by atoms with Gasteiger partial charge in [-0.2, -0.15) is 4.98 Å². The van der Waals surface area contributed by atoms with Crippen molar-refractivity contribution in [1.82, 2.24) is 15.2 Å². The lowest BCUT2D eigenvalue weighted by Gasteiger charge is -2.09. The fourth-order valence-electron chi connectivity index (χ4n) is 2.93. The van der Waals surface area contributed by atoms with Gasteiger partial charge in [0.25, 0.3) is 5.91 Å². The van der Waals surface area contributed by atoms with E-state index in [2.05, 4.69) is 20.5 Å². The van der Waals surface area contributed by atoms with Crippen molar-refractivity contribution in [3.8, 4) is 0 Å². The molecule has 2 fully saturated rings. The molecule has 1 aliphatic heterocycles. The van der Waals surface area contributed by atoms with Gasteiger partial charge in [0.2, 0.25) is 5.95 Å². The molecule has 1 amide bonds. The molecule has 1 aromatic heterocycles. The summed E-state index contributed by atoms with van der Waals surface area (Å²) < 4.78 is 10.8. The van der Waals surface area contributed by atoms with Crippen LogP contribution in [0.5, 0.6) is 0 Å². The molecule has 1 saturated heterocycles. The Kier molecular flexibility index (Phi) is 4.82. The molecule has 2 heterocycles. The van der Waals surface area contributed by atoms with E-state index in [0.29, 0.717) is 18.5 Å². The van der Waals surface area contributed by atoms with E-state index in [1.807, 2.05) is 0 Å². The van der Waals surface area contributed by atoms with E-state index in [4.69, 9.17) is 9.47 Å². The average molecular weight is 294 g/mol. The summed E-state index contributed by atoms with van der Waals surface area (Å²) in [6.45, 7) is 1.27. The van der Waals surface area contributed by atoms with Crippen molar-refractivity contribution in [1.29, 1.82) is 0 Å². The first kappa shape index (κ1) is 14.5. The lowest BCUT2D eigenvalue weighted by molar-refractivity contribution is -0.121. The Bertz CT molecular complexity index is 465. The van der Waals surface area contributed by atoms with Gasteiger partial charge in [0.05, 0.1) is 12.7 Å². The van der Waals surface area contributed by atoms with Gasteiger partial charge in [-0.15, -0.1) is 5.10 Å². The summed E-state index contributed by atoms with van der Waals surface area (Å²) in [6, 6.07) is 0. The van der Waals surface area contributed by atoms with Crippen LogP contribution in [0.25, 0.3) is 0 Å². The summed E-state index contributed by atoms with van der Waals surface area (Å²) in [4.78, 5) is 16.1. The van der Waals surface area contributed by atoms with Gasteiger partial charge in [-0.25, -0.2) is 0 Å². The smallest absolute Gasteiger partial charge is 0.252 e. The minimum Gasteiger partial charge on any atom is -0.376 e. The number of H-pyrrole nitrogens is 1. The Labute approximate surface area is 123 Å². The summed E-state index contributed by atoms with van der Waals surface area (Å²) in [7, 11) is 0. The fourth-order valence-corrected chi connectivity index (χ4v) is 2.93. The van der Waals surface area contributed by atoms with Crippen LogP contribution in [-0.4, -0.2) is 47.0 Å². The van der Waals surface area contributed by atoms with Gasteiger partial charge >= 0.3 is 0 Å². The van der Waals surface area contributed by atoms with Crippen LogP contribution in [0.2, 0.25) is 0 Å². The molecule has 1 atom stereocenters. The van der Waals surface area contributed by atoms with Gasteiger partial charge < -0.3 is 9.47 Å². The molecule has 0 bridgehead atoms. The summed E-state index contributed by atoms with van der Waals surface area (Å²) in [5, 5.41) is 9.61. The average Bonchev–Trinajstić information content (AvgIpc) is 3.21. The van der Waals surface area contributed by atoms with E-state index in [-0.39, 0.29) is 18.6 Å². The topological polar surface area (TPSA) is 89.1 Å². The SMILES string of the molecule is O=C(COCC1CCCO1)Nc1n[nH]c(C2CCCC2)n1. The van der Waals surface area contributed by atoms with Crippen LogP contribution in [0.4, 0.5) is 5.95 Å². The van der Waals surface area contributed by atoms with E-state index in [1.165, 1.54) is 12.8 Å². The Morgan fingerprint density at radius 3 is 2.95 bits per heavy atom. The summed E-state index contributed by atoms with van der Waals surface area (Å²) in [5.41, 5.74) is 0. The number of nitrogens with one attached hydrogen (secondary N) is 2. The highest BCUT2D eigenvalue weighted by Gasteiger charge is 2.21. The highest BCUT2D eigenvalue weighted by atomic mass is 16.5. The standard InChI is InChI=1S/C14H22N4O3/c19-12(9-20-8-11-6-3-7-21-11)15-14-16-13(17-18-14)10-4-1-2-5-10/h10-11H,1-9H2,(H2,15,16,17,18,19). The number of amides is 1. The van der Waals surface area contributed by atoms with Crippen LogP contribution in [0.3, 0.4) is 0 Å². The summed E-state index contributed by atoms with van der Waals surface area (Å²) >= 11 is 0. The van der Waals surface area contributed by atoms with Gasteiger partial charge in [-0.1, -0.05) is 12.8 Å². The number of carbonyl (C=O) groups is 1. The predicted molar refractivity (Wildman–Crippen MR) is 76.0 cm³/mol. The number of aromatic nitrogens is 3. The number of carbonyl (C=O) groups excluding carboxylic acids is 1. The maximum absolute atomic E-state index is 11.7. The van der Waals surface area contributed by atoms with Crippen molar-refractivity contribution in [3.05, 3.63) is 5.82 Å². The molecule has 7 heteroatoms. The van der Waals surface area contributed by atoms with Crippen molar-refractivity contribution in [2.75, 3.05) is 25.1 Å². The zero-order valence-corrected chi connectivity index (χ0v) is 12.1. The normalized spacial score (nSPS) is 22.8. The Hall–Kier alpha value is -1.47. The maximum atomic E-state index is 11.7. The summed E-state index contributed by atoms with van der Waals surface area (Å²) in [6.07, 6.45) is 6.98. The highest BCUT2D eigenvalue weighted by molar-refractivity contribution is 5.89. The highest BCUT2D eigenvalue weighted by Crippen LogP contribution is 2.32. The van der Waals surface area contributed by atoms with Crippen molar-refractivity contribution >= 4 is 11.9 Å². The van der Waals surface area contributed by atoms with Crippen molar-refractivity contribution in [3.63, 3.8) is 0 Å². The zero-order chi connectivity index (χ0) is 14.5.